The molecular weight excluding hydrogens is 410 g/mol. The summed E-state index contributed by atoms with van der Waals surface area (Å²) in [5.74, 6) is 0.641. The second-order valence-corrected chi connectivity index (χ2v) is 10.6. The summed E-state index contributed by atoms with van der Waals surface area (Å²) in [6, 6.07) is 4.39. The first kappa shape index (κ1) is 22.3. The molecule has 2 amide bonds. The molecule has 1 saturated carbocycles. The van der Waals surface area contributed by atoms with E-state index in [0.717, 1.165) is 48.2 Å². The second-order valence-electron chi connectivity index (χ2n) is 9.44. The monoisotopic (exact) mass is 445 g/mol. The van der Waals surface area contributed by atoms with Crippen LogP contribution in [0.4, 0.5) is 0 Å². The second kappa shape index (κ2) is 8.94. The van der Waals surface area contributed by atoms with Gasteiger partial charge in [-0.2, -0.15) is 0 Å². The van der Waals surface area contributed by atoms with Crippen LogP contribution in [0.15, 0.2) is 12.1 Å². The first-order valence-electron chi connectivity index (χ1n) is 11.6. The van der Waals surface area contributed by atoms with Gasteiger partial charge in [0.25, 0.3) is 5.91 Å². The van der Waals surface area contributed by atoms with Gasteiger partial charge in [0.15, 0.2) is 0 Å². The van der Waals surface area contributed by atoms with Gasteiger partial charge in [-0.3, -0.25) is 9.59 Å². The van der Waals surface area contributed by atoms with Crippen molar-refractivity contribution in [2.75, 3.05) is 20.3 Å². The summed E-state index contributed by atoms with van der Waals surface area (Å²) in [5, 5.41) is 3.30. The molecule has 170 valence electrons. The van der Waals surface area contributed by atoms with Gasteiger partial charge in [0.05, 0.1) is 16.8 Å². The normalized spacial score (nSPS) is 26.3. The maximum atomic E-state index is 13.6. The summed E-state index contributed by atoms with van der Waals surface area (Å²) in [6.07, 6.45) is 6.02. The molecule has 1 aliphatic carbocycles. The van der Waals surface area contributed by atoms with Crippen molar-refractivity contribution in [2.45, 2.75) is 77.4 Å². The number of aromatic nitrogens is 1. The van der Waals surface area contributed by atoms with Crippen molar-refractivity contribution in [2.24, 2.45) is 5.92 Å². The number of carbonyl (C=O) groups is 2. The van der Waals surface area contributed by atoms with Gasteiger partial charge < -0.3 is 19.5 Å². The first-order chi connectivity index (χ1) is 14.9. The van der Waals surface area contributed by atoms with E-state index >= 15 is 0 Å². The number of carbonyl (C=O) groups excluding carboxylic acids is 2. The smallest absolute Gasteiger partial charge is 0.271 e. The third-order valence-electron chi connectivity index (χ3n) is 7.09. The maximum absolute atomic E-state index is 13.6. The number of amides is 2. The Morgan fingerprint density at radius 1 is 1.29 bits per heavy atom. The number of nitrogens with one attached hydrogen (secondary N) is 1. The number of fused-ring (bicyclic) bond motifs is 3. The van der Waals surface area contributed by atoms with E-state index in [9.17, 15) is 9.59 Å². The number of hydrogen-bond acceptors (Lipinski definition) is 4. The number of aryl methyl sites for hydroxylation is 1. The van der Waals surface area contributed by atoms with E-state index in [1.54, 1.807) is 23.3 Å². The van der Waals surface area contributed by atoms with Crippen LogP contribution in [0.3, 0.4) is 0 Å². The van der Waals surface area contributed by atoms with Crippen molar-refractivity contribution in [3.8, 4) is 0 Å². The molecule has 2 aromatic rings. The van der Waals surface area contributed by atoms with Crippen LogP contribution >= 0.6 is 11.3 Å². The molecule has 3 heterocycles. The van der Waals surface area contributed by atoms with Crippen LogP contribution in [0.1, 0.15) is 68.2 Å². The number of rotatable bonds is 7. The summed E-state index contributed by atoms with van der Waals surface area (Å²) in [5.41, 5.74) is 0.853. The lowest BCUT2D eigenvalue weighted by atomic mass is 9.86. The summed E-state index contributed by atoms with van der Waals surface area (Å²) in [6.45, 7) is 7.92. The van der Waals surface area contributed by atoms with E-state index in [1.165, 1.54) is 4.88 Å². The Labute approximate surface area is 188 Å². The van der Waals surface area contributed by atoms with Crippen molar-refractivity contribution in [1.29, 1.82) is 0 Å². The van der Waals surface area contributed by atoms with Gasteiger partial charge in [0, 0.05) is 31.2 Å². The highest BCUT2D eigenvalue weighted by Gasteiger charge is 2.48. The van der Waals surface area contributed by atoms with Crippen molar-refractivity contribution in [3.05, 3.63) is 22.7 Å². The molecule has 0 radical (unpaired) electrons. The molecule has 2 aromatic heterocycles. The van der Waals surface area contributed by atoms with Crippen molar-refractivity contribution in [1.82, 2.24) is 14.8 Å². The Hall–Kier alpha value is -1.86. The fourth-order valence-corrected chi connectivity index (χ4v) is 6.07. The fraction of sp³-hybridized carbons (Fsp3) is 0.667. The Morgan fingerprint density at radius 2 is 2.03 bits per heavy atom. The lowest BCUT2D eigenvalue weighted by Crippen LogP contribution is -2.65. The van der Waals surface area contributed by atoms with Crippen LogP contribution < -0.4 is 5.32 Å². The lowest BCUT2D eigenvalue weighted by molar-refractivity contribution is -0.134. The van der Waals surface area contributed by atoms with Crippen LogP contribution in [-0.2, 0) is 22.5 Å². The topological polar surface area (TPSA) is 63.6 Å². The van der Waals surface area contributed by atoms with Gasteiger partial charge in [-0.1, -0.05) is 13.8 Å². The number of ether oxygens (including phenoxy) is 1. The minimum absolute atomic E-state index is 0.0312. The van der Waals surface area contributed by atoms with Crippen molar-refractivity contribution >= 4 is 33.4 Å². The Morgan fingerprint density at radius 3 is 2.71 bits per heavy atom. The standard InChI is InChI=1S/C24H35N3O3S/c1-5-18-13-19-21(31-18)14-20-22(28)27(11-6-12-30-4)24(3,15-26(19)20)23(29)25-17-9-7-16(2)8-10-17/h13-14,16-17H,5-12,15H2,1-4H3,(H,25,29)/t16?,17?,24-/m1/s1. The highest BCUT2D eigenvalue weighted by Crippen LogP contribution is 2.36. The van der Waals surface area contributed by atoms with E-state index in [4.69, 9.17) is 4.74 Å². The molecule has 1 fully saturated rings. The van der Waals surface area contributed by atoms with Gasteiger partial charge in [0.1, 0.15) is 11.2 Å². The predicted molar refractivity (Wildman–Crippen MR) is 125 cm³/mol. The largest absolute Gasteiger partial charge is 0.385 e. The molecule has 0 aromatic carbocycles. The lowest BCUT2D eigenvalue weighted by Gasteiger charge is -2.45. The summed E-state index contributed by atoms with van der Waals surface area (Å²) < 4.78 is 8.42. The van der Waals surface area contributed by atoms with Crippen LogP contribution in [0.2, 0.25) is 0 Å². The quantitative estimate of drug-likeness (QED) is 0.650. The predicted octanol–water partition coefficient (Wildman–Crippen LogP) is 4.21. The summed E-state index contributed by atoms with van der Waals surface area (Å²) >= 11 is 1.74. The Kier molecular flexibility index (Phi) is 6.44. The number of hydrogen-bond donors (Lipinski definition) is 1. The van der Waals surface area contributed by atoms with Gasteiger partial charge in [-0.15, -0.1) is 11.3 Å². The molecule has 31 heavy (non-hydrogen) atoms. The van der Waals surface area contributed by atoms with E-state index < -0.39 is 5.54 Å². The molecule has 1 aliphatic heterocycles. The van der Waals surface area contributed by atoms with Crippen LogP contribution in [-0.4, -0.2) is 53.1 Å². The number of nitrogens with zero attached hydrogens (tertiary/aromatic N) is 2. The Balaban J connectivity index is 1.65. The van der Waals surface area contributed by atoms with E-state index in [-0.39, 0.29) is 17.9 Å². The SMILES string of the molecule is CCc1cc2c(cc3n2C[C@](C)(C(=O)NC2CCC(C)CC2)N(CCCOC)C3=O)s1. The Bertz CT molecular complexity index is 957. The van der Waals surface area contributed by atoms with Crippen molar-refractivity contribution in [3.63, 3.8) is 0 Å². The highest BCUT2D eigenvalue weighted by atomic mass is 32.1. The molecule has 0 saturated heterocycles. The highest BCUT2D eigenvalue weighted by molar-refractivity contribution is 7.19. The van der Waals surface area contributed by atoms with Crippen LogP contribution in [0.5, 0.6) is 0 Å². The fourth-order valence-electron chi connectivity index (χ4n) is 5.03. The zero-order valence-corrected chi connectivity index (χ0v) is 20.0. The zero-order chi connectivity index (χ0) is 22.2. The van der Waals surface area contributed by atoms with E-state index in [0.29, 0.717) is 31.8 Å². The van der Waals surface area contributed by atoms with E-state index in [1.807, 2.05) is 13.0 Å². The molecule has 1 atom stereocenters. The molecule has 2 aliphatic rings. The third-order valence-corrected chi connectivity index (χ3v) is 8.30. The minimum Gasteiger partial charge on any atom is -0.385 e. The summed E-state index contributed by atoms with van der Waals surface area (Å²) in [4.78, 5) is 30.3. The maximum Gasteiger partial charge on any atom is 0.271 e. The average Bonchev–Trinajstić information content (AvgIpc) is 3.30. The molecule has 7 heteroatoms. The number of thiophene rings is 1. The third kappa shape index (κ3) is 4.14. The molecule has 6 nitrogen and oxygen atoms in total. The average molecular weight is 446 g/mol. The zero-order valence-electron chi connectivity index (χ0n) is 19.2. The molecular formula is C24H35N3O3S. The van der Waals surface area contributed by atoms with Crippen LogP contribution in [0.25, 0.3) is 10.2 Å². The van der Waals surface area contributed by atoms with Crippen LogP contribution in [0, 0.1) is 5.92 Å². The van der Waals surface area contributed by atoms with Gasteiger partial charge in [-0.05, 0) is 63.5 Å². The molecule has 0 unspecified atom stereocenters. The minimum atomic E-state index is -0.916. The molecule has 4 rings (SSSR count). The molecule has 1 N–H and O–H groups in total. The van der Waals surface area contributed by atoms with Gasteiger partial charge in [0.2, 0.25) is 5.91 Å². The number of methoxy groups -OCH3 is 1. The molecule has 0 bridgehead atoms. The van der Waals surface area contributed by atoms with E-state index in [2.05, 4.69) is 29.8 Å². The van der Waals surface area contributed by atoms with Gasteiger partial charge >= 0.3 is 0 Å². The van der Waals surface area contributed by atoms with Gasteiger partial charge in [-0.25, -0.2) is 0 Å². The first-order valence-corrected chi connectivity index (χ1v) is 12.4. The molecule has 0 spiro atoms. The van der Waals surface area contributed by atoms with Crippen molar-refractivity contribution < 1.29 is 14.3 Å². The summed E-state index contributed by atoms with van der Waals surface area (Å²) in [7, 11) is 1.67.